The van der Waals surface area contributed by atoms with E-state index in [9.17, 15) is 8.42 Å². The average molecular weight is 343 g/mol. The predicted octanol–water partition coefficient (Wildman–Crippen LogP) is 4.43. The summed E-state index contributed by atoms with van der Waals surface area (Å²) in [5.41, 5.74) is 0. The van der Waals surface area contributed by atoms with Crippen molar-refractivity contribution in [3.63, 3.8) is 0 Å². The quantitative estimate of drug-likeness (QED) is 0.705. The molecule has 4 rings (SSSR count). The van der Waals surface area contributed by atoms with Gasteiger partial charge in [-0.05, 0) is 47.2 Å². The number of rotatable bonds is 3. The molecule has 0 N–H and O–H groups in total. The van der Waals surface area contributed by atoms with Crippen LogP contribution >= 0.6 is 11.3 Å². The summed E-state index contributed by atoms with van der Waals surface area (Å²) >= 11 is 1.63. The first-order valence-electron chi connectivity index (χ1n) is 7.70. The topological polar surface area (TPSA) is 37.4 Å². The van der Waals surface area contributed by atoms with Crippen molar-refractivity contribution in [1.29, 1.82) is 0 Å². The van der Waals surface area contributed by atoms with E-state index in [-0.39, 0.29) is 6.04 Å². The summed E-state index contributed by atoms with van der Waals surface area (Å²) < 4.78 is 27.9. The van der Waals surface area contributed by atoms with Gasteiger partial charge in [0.25, 0.3) is 0 Å². The first-order valence-corrected chi connectivity index (χ1v) is 10.0. The van der Waals surface area contributed by atoms with Crippen LogP contribution in [-0.4, -0.2) is 19.3 Å². The molecule has 0 spiro atoms. The van der Waals surface area contributed by atoms with Crippen LogP contribution in [0.15, 0.2) is 64.9 Å². The highest BCUT2D eigenvalue weighted by Crippen LogP contribution is 2.38. The number of nitrogens with zero attached hydrogens (tertiary/aromatic N) is 1. The Labute approximate surface area is 140 Å². The molecule has 2 aromatic carbocycles. The number of hydrogen-bond donors (Lipinski definition) is 0. The molecule has 3 aromatic rings. The van der Waals surface area contributed by atoms with Crippen molar-refractivity contribution in [3.8, 4) is 0 Å². The third-order valence-corrected chi connectivity index (χ3v) is 7.28. The number of thiophene rings is 1. The Bertz CT molecular complexity index is 933. The Morgan fingerprint density at radius 3 is 2.61 bits per heavy atom. The first kappa shape index (κ1) is 14.9. The van der Waals surface area contributed by atoms with Gasteiger partial charge < -0.3 is 0 Å². The van der Waals surface area contributed by atoms with Crippen molar-refractivity contribution in [3.05, 3.63) is 64.9 Å². The van der Waals surface area contributed by atoms with Gasteiger partial charge >= 0.3 is 0 Å². The lowest BCUT2D eigenvalue weighted by Gasteiger charge is -2.23. The third-order valence-electron chi connectivity index (χ3n) is 4.40. The minimum absolute atomic E-state index is 0.0218. The fourth-order valence-electron chi connectivity index (χ4n) is 3.26. The van der Waals surface area contributed by atoms with E-state index >= 15 is 0 Å². The zero-order valence-corrected chi connectivity index (χ0v) is 14.2. The van der Waals surface area contributed by atoms with Crippen molar-refractivity contribution in [2.75, 3.05) is 6.54 Å². The SMILES string of the molecule is O=S(=O)(c1ccc2ccccc2c1)N1CCC[C@H]1c1cccs1. The highest BCUT2D eigenvalue weighted by molar-refractivity contribution is 7.89. The van der Waals surface area contributed by atoms with E-state index in [0.717, 1.165) is 28.5 Å². The maximum absolute atomic E-state index is 13.1. The van der Waals surface area contributed by atoms with E-state index < -0.39 is 10.0 Å². The Morgan fingerprint density at radius 2 is 1.83 bits per heavy atom. The third kappa shape index (κ3) is 2.59. The standard InChI is InChI=1S/C18H17NO2S2/c20-23(21,16-10-9-14-5-1-2-6-15(14)13-16)19-11-3-7-17(19)18-8-4-12-22-18/h1-2,4-6,8-10,12-13,17H,3,7,11H2/t17-/m0/s1. The lowest BCUT2D eigenvalue weighted by molar-refractivity contribution is 0.401. The second-order valence-electron chi connectivity index (χ2n) is 5.80. The Balaban J connectivity index is 1.76. The van der Waals surface area contributed by atoms with Gasteiger partial charge in [-0.2, -0.15) is 4.31 Å². The summed E-state index contributed by atoms with van der Waals surface area (Å²) in [5, 5.41) is 4.03. The first-order chi connectivity index (χ1) is 11.2. The van der Waals surface area contributed by atoms with Crippen LogP contribution in [0.4, 0.5) is 0 Å². The molecule has 1 atom stereocenters. The van der Waals surface area contributed by atoms with Gasteiger partial charge in [0.2, 0.25) is 10.0 Å². The highest BCUT2D eigenvalue weighted by atomic mass is 32.2. The van der Waals surface area contributed by atoms with E-state index in [1.54, 1.807) is 27.8 Å². The van der Waals surface area contributed by atoms with E-state index in [1.807, 2.05) is 47.8 Å². The van der Waals surface area contributed by atoms with Crippen molar-refractivity contribution < 1.29 is 8.42 Å². The molecule has 1 aromatic heterocycles. The molecular weight excluding hydrogens is 326 g/mol. The Morgan fingerprint density at radius 1 is 1.00 bits per heavy atom. The lowest BCUT2D eigenvalue weighted by Crippen LogP contribution is -2.30. The minimum atomic E-state index is -3.47. The molecule has 3 nitrogen and oxygen atoms in total. The molecule has 0 amide bonds. The van der Waals surface area contributed by atoms with Crippen molar-refractivity contribution >= 4 is 32.1 Å². The van der Waals surface area contributed by atoms with Crippen molar-refractivity contribution in [2.45, 2.75) is 23.8 Å². The van der Waals surface area contributed by atoms with Gasteiger partial charge in [-0.3, -0.25) is 0 Å². The second-order valence-corrected chi connectivity index (χ2v) is 8.67. The van der Waals surface area contributed by atoms with Crippen LogP contribution in [0, 0.1) is 0 Å². The summed E-state index contributed by atoms with van der Waals surface area (Å²) in [4.78, 5) is 1.52. The van der Waals surface area contributed by atoms with Crippen LogP contribution in [0.2, 0.25) is 0 Å². The zero-order chi connectivity index (χ0) is 15.9. The molecule has 23 heavy (non-hydrogen) atoms. The van der Waals surface area contributed by atoms with Crippen molar-refractivity contribution in [2.24, 2.45) is 0 Å². The molecule has 0 radical (unpaired) electrons. The van der Waals surface area contributed by atoms with Crippen LogP contribution in [-0.2, 0) is 10.0 Å². The van der Waals surface area contributed by atoms with Crippen LogP contribution in [0.3, 0.4) is 0 Å². The van der Waals surface area contributed by atoms with Crippen molar-refractivity contribution in [1.82, 2.24) is 4.31 Å². The van der Waals surface area contributed by atoms with Gasteiger partial charge in [-0.15, -0.1) is 11.3 Å². The molecule has 1 fully saturated rings. The highest BCUT2D eigenvalue weighted by Gasteiger charge is 2.36. The number of fused-ring (bicyclic) bond motifs is 1. The minimum Gasteiger partial charge on any atom is -0.207 e. The predicted molar refractivity (Wildman–Crippen MR) is 94.1 cm³/mol. The molecular formula is C18H17NO2S2. The maximum atomic E-state index is 13.1. The molecule has 0 aliphatic carbocycles. The summed E-state index contributed by atoms with van der Waals surface area (Å²) in [6.45, 7) is 0.595. The summed E-state index contributed by atoms with van der Waals surface area (Å²) in [6.07, 6.45) is 1.81. The largest absolute Gasteiger partial charge is 0.243 e. The number of sulfonamides is 1. The summed E-state index contributed by atoms with van der Waals surface area (Å²) in [6, 6.07) is 17.2. The molecule has 5 heteroatoms. The molecule has 1 aliphatic rings. The van der Waals surface area contributed by atoms with Crippen LogP contribution in [0.25, 0.3) is 10.8 Å². The lowest BCUT2D eigenvalue weighted by atomic mass is 10.1. The second kappa shape index (κ2) is 5.74. The van der Waals surface area contributed by atoms with Gasteiger partial charge in [0, 0.05) is 11.4 Å². The fourth-order valence-corrected chi connectivity index (χ4v) is 5.91. The van der Waals surface area contributed by atoms with Gasteiger partial charge in [-0.25, -0.2) is 8.42 Å². The normalized spacial score (nSPS) is 19.4. The molecule has 1 saturated heterocycles. The van der Waals surface area contributed by atoms with Gasteiger partial charge in [0.05, 0.1) is 10.9 Å². The smallest absolute Gasteiger partial charge is 0.207 e. The molecule has 0 bridgehead atoms. The number of benzene rings is 2. The molecule has 0 unspecified atom stereocenters. The van der Waals surface area contributed by atoms with E-state index in [1.165, 1.54) is 0 Å². The molecule has 1 aliphatic heterocycles. The average Bonchev–Trinajstić information content (AvgIpc) is 3.25. The Kier molecular flexibility index (Phi) is 3.71. The molecule has 118 valence electrons. The van der Waals surface area contributed by atoms with Gasteiger partial charge in [0.1, 0.15) is 0 Å². The van der Waals surface area contributed by atoms with E-state index in [2.05, 4.69) is 0 Å². The molecule has 0 saturated carbocycles. The fraction of sp³-hybridized carbons (Fsp3) is 0.222. The monoisotopic (exact) mass is 343 g/mol. The Hall–Kier alpha value is -1.69. The number of hydrogen-bond acceptors (Lipinski definition) is 3. The van der Waals surface area contributed by atoms with Crippen LogP contribution < -0.4 is 0 Å². The summed E-state index contributed by atoms with van der Waals surface area (Å²) in [5.74, 6) is 0. The molecule has 2 heterocycles. The summed E-state index contributed by atoms with van der Waals surface area (Å²) in [7, 11) is -3.47. The van der Waals surface area contributed by atoms with Gasteiger partial charge in [0.15, 0.2) is 0 Å². The maximum Gasteiger partial charge on any atom is 0.243 e. The zero-order valence-electron chi connectivity index (χ0n) is 12.6. The van der Waals surface area contributed by atoms with Crippen LogP contribution in [0.5, 0.6) is 0 Å². The van der Waals surface area contributed by atoms with Crippen LogP contribution in [0.1, 0.15) is 23.8 Å². The van der Waals surface area contributed by atoms with Gasteiger partial charge in [-0.1, -0.05) is 36.4 Å². The van der Waals surface area contributed by atoms with E-state index in [4.69, 9.17) is 0 Å². The van der Waals surface area contributed by atoms with E-state index in [0.29, 0.717) is 11.4 Å².